The Hall–Kier alpha value is -4.88. The van der Waals surface area contributed by atoms with Gasteiger partial charge in [0.1, 0.15) is 22.9 Å². The number of aromatic nitrogens is 5. The van der Waals surface area contributed by atoms with Crippen LogP contribution in [0.2, 0.25) is 0 Å². The van der Waals surface area contributed by atoms with Gasteiger partial charge < -0.3 is 40.3 Å². The van der Waals surface area contributed by atoms with Crippen molar-refractivity contribution in [2.75, 3.05) is 75.7 Å². The summed E-state index contributed by atoms with van der Waals surface area (Å²) in [6.07, 6.45) is 5.83. The number of hydrogen-bond donors (Lipinski definition) is 4. The van der Waals surface area contributed by atoms with Gasteiger partial charge in [-0.3, -0.25) is 4.99 Å². The standard InChI is InChI=1S/C32H37F3N11OP/c1-37-18-20(17-36)22-15-24(26(47-19-32(33,34)35)16-25(22)45-13-11-44(2)12-14-45)41-31-42-28-21(5-7-38-28)29(43-31)40-23-6-9-46-10-8-39-30(46)27(23)48(3)4/h5-10,15-18H,11-14,19,36H2,1-4H3,(H3,38,40,41,42,43). The molecule has 5 heterocycles. The number of piperazine rings is 1. The molecular formula is C32H37F3N11OP. The van der Waals surface area contributed by atoms with Crippen LogP contribution >= 0.6 is 7.92 Å². The van der Waals surface area contributed by atoms with Crippen molar-refractivity contribution >= 4 is 70.5 Å². The van der Waals surface area contributed by atoms with Crippen molar-refractivity contribution in [3.8, 4) is 5.75 Å². The molecule has 5 N–H and O–H groups in total. The number of allylic oxidation sites excluding steroid dienone is 1. The summed E-state index contributed by atoms with van der Waals surface area (Å²) in [6.45, 7) is 5.75. The molecule has 16 heteroatoms. The molecule has 0 radical (unpaired) electrons. The number of hydrogen-bond acceptors (Lipinski definition) is 10. The molecule has 4 aromatic heterocycles. The van der Waals surface area contributed by atoms with Crippen LogP contribution in [0.4, 0.5) is 42.0 Å². The fraction of sp³-hybridized carbons (Fsp3) is 0.312. The molecule has 48 heavy (non-hydrogen) atoms. The Labute approximate surface area is 276 Å². The molecule has 1 saturated heterocycles. The van der Waals surface area contributed by atoms with E-state index in [0.29, 0.717) is 41.4 Å². The molecule has 1 fully saturated rings. The number of anilines is 5. The molecule has 0 bridgehead atoms. The summed E-state index contributed by atoms with van der Waals surface area (Å²) in [5.74, 6) is 0.642. The van der Waals surface area contributed by atoms with E-state index >= 15 is 0 Å². The minimum atomic E-state index is -4.55. The fourth-order valence-corrected chi connectivity index (χ4v) is 6.87. The highest BCUT2D eigenvalue weighted by molar-refractivity contribution is 7.65. The molecule has 1 aromatic carbocycles. The summed E-state index contributed by atoms with van der Waals surface area (Å²) >= 11 is 0. The Bertz CT molecular complexity index is 1980. The van der Waals surface area contributed by atoms with Crippen LogP contribution in [-0.4, -0.2) is 102 Å². The second-order valence-corrected chi connectivity index (χ2v) is 13.8. The maximum Gasteiger partial charge on any atom is 0.422 e. The van der Waals surface area contributed by atoms with Gasteiger partial charge in [-0.05, 0) is 38.6 Å². The first-order chi connectivity index (χ1) is 23.0. The van der Waals surface area contributed by atoms with Crippen molar-refractivity contribution in [2.24, 2.45) is 10.7 Å². The number of ether oxygens (including phenoxy) is 1. The number of nitrogens with two attached hydrogens (primary N) is 1. The molecule has 0 spiro atoms. The van der Waals surface area contributed by atoms with Crippen molar-refractivity contribution < 1.29 is 17.9 Å². The van der Waals surface area contributed by atoms with Crippen LogP contribution in [0.25, 0.3) is 22.3 Å². The molecule has 252 valence electrons. The molecule has 0 atom stereocenters. The Kier molecular flexibility index (Phi) is 9.42. The summed E-state index contributed by atoms with van der Waals surface area (Å²) in [5, 5.41) is 8.44. The van der Waals surface area contributed by atoms with Crippen molar-refractivity contribution in [1.82, 2.24) is 29.2 Å². The molecule has 12 nitrogen and oxygen atoms in total. The van der Waals surface area contributed by atoms with Gasteiger partial charge in [-0.1, -0.05) is 7.92 Å². The van der Waals surface area contributed by atoms with Crippen LogP contribution in [0.5, 0.6) is 5.75 Å². The number of benzene rings is 1. The van der Waals surface area contributed by atoms with Gasteiger partial charge in [0.15, 0.2) is 6.61 Å². The van der Waals surface area contributed by atoms with Gasteiger partial charge in [-0.15, -0.1) is 0 Å². The van der Waals surface area contributed by atoms with Crippen LogP contribution in [0, 0.1) is 0 Å². The Morgan fingerprint density at radius 3 is 2.60 bits per heavy atom. The summed E-state index contributed by atoms with van der Waals surface area (Å²) in [6, 6.07) is 7.16. The van der Waals surface area contributed by atoms with E-state index in [0.717, 1.165) is 35.1 Å². The quantitative estimate of drug-likeness (QED) is 0.117. The first-order valence-corrected chi connectivity index (χ1v) is 17.5. The number of H-pyrrole nitrogens is 1. The second-order valence-electron chi connectivity index (χ2n) is 11.6. The highest BCUT2D eigenvalue weighted by Gasteiger charge is 2.30. The van der Waals surface area contributed by atoms with Gasteiger partial charge in [0, 0.05) is 98.6 Å². The van der Waals surface area contributed by atoms with Gasteiger partial charge >= 0.3 is 6.18 Å². The van der Waals surface area contributed by atoms with E-state index < -0.39 is 20.7 Å². The van der Waals surface area contributed by atoms with Crippen LogP contribution in [0.3, 0.4) is 0 Å². The molecule has 5 aromatic rings. The van der Waals surface area contributed by atoms with Gasteiger partial charge in [-0.2, -0.15) is 23.1 Å². The summed E-state index contributed by atoms with van der Waals surface area (Å²) in [5.41, 5.74) is 10.5. The van der Waals surface area contributed by atoms with Gasteiger partial charge in [0.05, 0.1) is 16.8 Å². The normalized spacial score (nSPS) is 14.9. The van der Waals surface area contributed by atoms with E-state index in [1.165, 1.54) is 6.20 Å². The molecule has 0 aliphatic carbocycles. The lowest BCUT2D eigenvalue weighted by Gasteiger charge is -2.35. The zero-order valence-electron chi connectivity index (χ0n) is 27.0. The molecule has 1 aliphatic rings. The van der Waals surface area contributed by atoms with Gasteiger partial charge in [0.25, 0.3) is 0 Å². The fourth-order valence-electron chi connectivity index (χ4n) is 5.68. The third-order valence-corrected chi connectivity index (χ3v) is 9.33. The minimum absolute atomic E-state index is 0.00541. The summed E-state index contributed by atoms with van der Waals surface area (Å²) in [4.78, 5) is 25.6. The Morgan fingerprint density at radius 1 is 1.10 bits per heavy atom. The molecule has 0 amide bonds. The van der Waals surface area contributed by atoms with Crippen molar-refractivity contribution in [3.05, 3.63) is 60.8 Å². The van der Waals surface area contributed by atoms with E-state index in [-0.39, 0.29) is 17.4 Å². The highest BCUT2D eigenvalue weighted by atomic mass is 31.1. The smallest absolute Gasteiger partial charge is 0.422 e. The number of aliphatic imine (C=N–C) groups is 1. The predicted molar refractivity (Wildman–Crippen MR) is 188 cm³/mol. The van der Waals surface area contributed by atoms with Gasteiger partial charge in [-0.25, -0.2) is 4.98 Å². The van der Waals surface area contributed by atoms with Crippen molar-refractivity contribution in [2.45, 2.75) is 6.18 Å². The molecular weight excluding hydrogens is 642 g/mol. The lowest BCUT2D eigenvalue weighted by atomic mass is 10.0. The van der Waals surface area contributed by atoms with Gasteiger partial charge in [0.2, 0.25) is 5.95 Å². The van der Waals surface area contributed by atoms with Crippen LogP contribution < -0.4 is 31.3 Å². The number of nitrogens with zero attached hydrogens (tertiary/aromatic N) is 7. The lowest BCUT2D eigenvalue weighted by Crippen LogP contribution is -2.44. The molecule has 0 saturated carbocycles. The number of likely N-dealkylation sites (N-methyl/N-ethyl adjacent to an activating group) is 1. The lowest BCUT2D eigenvalue weighted by molar-refractivity contribution is -0.153. The zero-order valence-corrected chi connectivity index (χ0v) is 27.9. The SMILES string of the molecule is CN=CC(=CN)c1cc(Nc2nc(Nc3ccn4ccnc4c3P(C)C)c3cc[nH]c3n2)c(OCC(F)(F)F)cc1N1CCN(C)CC1. The number of aromatic amines is 1. The van der Waals surface area contributed by atoms with E-state index in [1.807, 2.05) is 36.0 Å². The number of imidazole rings is 1. The van der Waals surface area contributed by atoms with Crippen molar-refractivity contribution in [3.63, 3.8) is 0 Å². The predicted octanol–water partition coefficient (Wildman–Crippen LogP) is 5.15. The third kappa shape index (κ3) is 7.02. The number of alkyl halides is 3. The Balaban J connectivity index is 1.45. The van der Waals surface area contributed by atoms with Crippen LogP contribution in [0.15, 0.2) is 60.2 Å². The first kappa shape index (κ1) is 33.0. The topological polar surface area (TPSA) is 137 Å². The average molecular weight is 680 g/mol. The number of nitrogens with one attached hydrogen (secondary N) is 3. The molecule has 6 rings (SSSR count). The minimum Gasteiger partial charge on any atom is -0.482 e. The maximum absolute atomic E-state index is 13.5. The first-order valence-electron chi connectivity index (χ1n) is 15.2. The van der Waals surface area contributed by atoms with Crippen LogP contribution in [-0.2, 0) is 0 Å². The van der Waals surface area contributed by atoms with Crippen molar-refractivity contribution in [1.29, 1.82) is 0 Å². The largest absolute Gasteiger partial charge is 0.482 e. The summed E-state index contributed by atoms with van der Waals surface area (Å²) < 4.78 is 47.8. The van der Waals surface area contributed by atoms with Crippen LogP contribution in [0.1, 0.15) is 5.56 Å². The third-order valence-electron chi connectivity index (χ3n) is 7.99. The summed E-state index contributed by atoms with van der Waals surface area (Å²) in [7, 11) is 3.09. The monoisotopic (exact) mass is 679 g/mol. The van der Waals surface area contributed by atoms with E-state index in [4.69, 9.17) is 15.5 Å². The highest BCUT2D eigenvalue weighted by Crippen LogP contribution is 2.40. The number of halogens is 3. The van der Waals surface area contributed by atoms with E-state index in [2.05, 4.69) is 53.7 Å². The maximum atomic E-state index is 13.5. The second kappa shape index (κ2) is 13.7. The average Bonchev–Trinajstić information content (AvgIpc) is 3.73. The van der Waals surface area contributed by atoms with E-state index in [1.54, 1.807) is 37.8 Å². The Morgan fingerprint density at radius 2 is 1.90 bits per heavy atom. The molecule has 1 aliphatic heterocycles. The number of fused-ring (bicyclic) bond motifs is 2. The zero-order chi connectivity index (χ0) is 34.0. The number of rotatable bonds is 10. The molecule has 0 unspecified atom stereocenters. The van der Waals surface area contributed by atoms with E-state index in [9.17, 15) is 13.2 Å². The number of pyridine rings is 1.